The van der Waals surface area contributed by atoms with Gasteiger partial charge < -0.3 is 19.1 Å². The second-order valence-electron chi connectivity index (χ2n) is 9.35. The van der Waals surface area contributed by atoms with Crippen LogP contribution in [-0.2, 0) is 9.53 Å². The number of rotatable bonds is 4. The molecule has 1 amide bonds. The van der Waals surface area contributed by atoms with Crippen LogP contribution < -0.4 is 4.90 Å². The Hall–Kier alpha value is -1.67. The maximum Gasteiger partial charge on any atom is 0.324 e. The summed E-state index contributed by atoms with van der Waals surface area (Å²) in [4.78, 5) is 24.0. The zero-order chi connectivity index (χ0) is 19.6. The summed E-state index contributed by atoms with van der Waals surface area (Å²) in [7, 11) is 1.94. The van der Waals surface area contributed by atoms with E-state index >= 15 is 0 Å². The van der Waals surface area contributed by atoms with Gasteiger partial charge in [0.2, 0.25) is 5.91 Å². The van der Waals surface area contributed by atoms with Gasteiger partial charge in [0.05, 0.1) is 25.3 Å². The maximum atomic E-state index is 12.7. The number of likely N-dealkylation sites (tertiary alicyclic amines) is 1. The zero-order valence-corrected chi connectivity index (χ0v) is 17.2. The molecule has 3 aliphatic heterocycles. The van der Waals surface area contributed by atoms with Crippen LogP contribution in [0.5, 0.6) is 0 Å². The van der Waals surface area contributed by atoms with Crippen LogP contribution in [0.3, 0.4) is 0 Å². The van der Waals surface area contributed by atoms with Crippen molar-refractivity contribution in [3.05, 3.63) is 5.82 Å². The van der Waals surface area contributed by atoms with Gasteiger partial charge in [-0.05, 0) is 45.4 Å². The number of anilines is 1. The highest BCUT2D eigenvalue weighted by Crippen LogP contribution is 2.54. The molecule has 4 heterocycles. The Balaban J connectivity index is 1.22. The van der Waals surface area contributed by atoms with Crippen LogP contribution in [0.15, 0.2) is 4.52 Å². The van der Waals surface area contributed by atoms with E-state index in [0.717, 1.165) is 39.1 Å². The number of aryl methyl sites for hydroxylation is 1. The van der Waals surface area contributed by atoms with Crippen LogP contribution in [0.4, 0.5) is 6.01 Å². The van der Waals surface area contributed by atoms with Gasteiger partial charge in [-0.3, -0.25) is 9.69 Å². The number of carbonyl (C=O) groups is 1. The van der Waals surface area contributed by atoms with Crippen molar-refractivity contribution in [2.75, 3.05) is 38.3 Å². The van der Waals surface area contributed by atoms with Crippen LogP contribution in [0.25, 0.3) is 0 Å². The van der Waals surface area contributed by atoms with Gasteiger partial charge in [-0.25, -0.2) is 0 Å². The summed E-state index contributed by atoms with van der Waals surface area (Å²) < 4.78 is 11.3. The molecule has 8 heteroatoms. The lowest BCUT2D eigenvalue weighted by Gasteiger charge is -2.49. The number of hydrogen-bond acceptors (Lipinski definition) is 7. The molecule has 0 radical (unpaired) electrons. The van der Waals surface area contributed by atoms with Crippen molar-refractivity contribution in [3.8, 4) is 0 Å². The Morgan fingerprint density at radius 3 is 2.32 bits per heavy atom. The zero-order valence-electron chi connectivity index (χ0n) is 17.2. The quantitative estimate of drug-likeness (QED) is 0.765. The molecule has 8 nitrogen and oxygen atoms in total. The van der Waals surface area contributed by atoms with Crippen molar-refractivity contribution in [1.82, 2.24) is 19.9 Å². The SMILES string of the molecule is Cc1noc(N2C3COCC2CC(N2C[C@@H]4C(C(=O)N(C)C(C)C)[C@@H]4C2)C3)n1. The molecule has 5 rings (SSSR count). The predicted molar refractivity (Wildman–Crippen MR) is 103 cm³/mol. The summed E-state index contributed by atoms with van der Waals surface area (Å²) >= 11 is 0. The average Bonchev–Trinajstić information content (AvgIpc) is 2.98. The van der Waals surface area contributed by atoms with Gasteiger partial charge >= 0.3 is 6.01 Å². The van der Waals surface area contributed by atoms with E-state index in [9.17, 15) is 4.79 Å². The first-order chi connectivity index (χ1) is 13.4. The molecule has 0 N–H and O–H groups in total. The normalized spacial score (nSPS) is 37.2. The van der Waals surface area contributed by atoms with Crippen molar-refractivity contribution < 1.29 is 14.1 Å². The second kappa shape index (κ2) is 6.69. The molecule has 1 aromatic heterocycles. The number of amides is 1. The molecule has 3 saturated heterocycles. The van der Waals surface area contributed by atoms with Gasteiger partial charge in [0, 0.05) is 38.1 Å². The lowest BCUT2D eigenvalue weighted by Crippen LogP contribution is -2.61. The van der Waals surface area contributed by atoms with E-state index in [-0.39, 0.29) is 12.0 Å². The van der Waals surface area contributed by atoms with Crippen LogP contribution >= 0.6 is 0 Å². The van der Waals surface area contributed by atoms with Crippen molar-refractivity contribution in [2.45, 2.75) is 57.8 Å². The molecule has 28 heavy (non-hydrogen) atoms. The minimum absolute atomic E-state index is 0.257. The first kappa shape index (κ1) is 18.4. The predicted octanol–water partition coefficient (Wildman–Crippen LogP) is 1.16. The van der Waals surface area contributed by atoms with Gasteiger partial charge in [0.25, 0.3) is 0 Å². The van der Waals surface area contributed by atoms with Crippen LogP contribution in [-0.4, -0.2) is 83.4 Å². The Labute approximate surface area is 166 Å². The standard InChI is InChI=1S/C20H31N5O3/c1-11(2)23(4)19(26)18-16-7-24(8-17(16)18)13-5-14-9-27-10-15(6-13)25(14)20-21-12(3)22-28-20/h11,13-18H,5-10H2,1-4H3/t13?,14?,15?,16-,17+,18?. The van der Waals surface area contributed by atoms with Gasteiger partial charge in [-0.1, -0.05) is 5.16 Å². The van der Waals surface area contributed by atoms with Gasteiger partial charge in [0.15, 0.2) is 5.82 Å². The van der Waals surface area contributed by atoms with Gasteiger partial charge in [-0.2, -0.15) is 4.98 Å². The lowest BCUT2D eigenvalue weighted by atomic mass is 9.89. The Morgan fingerprint density at radius 2 is 1.79 bits per heavy atom. The fourth-order valence-corrected chi connectivity index (χ4v) is 5.60. The number of aromatic nitrogens is 2. The highest BCUT2D eigenvalue weighted by molar-refractivity contribution is 5.82. The Kier molecular flexibility index (Phi) is 4.39. The van der Waals surface area contributed by atoms with Crippen molar-refractivity contribution in [1.29, 1.82) is 0 Å². The van der Waals surface area contributed by atoms with E-state index in [1.165, 1.54) is 0 Å². The molecular weight excluding hydrogens is 358 g/mol. The van der Waals surface area contributed by atoms with E-state index in [2.05, 4.69) is 33.8 Å². The van der Waals surface area contributed by atoms with E-state index in [1.54, 1.807) is 0 Å². The third-order valence-electron chi connectivity index (χ3n) is 7.38. The molecule has 1 aliphatic carbocycles. The van der Waals surface area contributed by atoms with E-state index in [0.29, 0.717) is 47.7 Å². The molecular formula is C20H31N5O3. The number of fused-ring (bicyclic) bond motifs is 3. The highest BCUT2D eigenvalue weighted by atomic mass is 16.5. The molecule has 4 aliphatic rings. The largest absolute Gasteiger partial charge is 0.377 e. The first-order valence-electron chi connectivity index (χ1n) is 10.6. The molecule has 0 aromatic carbocycles. The number of piperidine rings is 2. The molecule has 5 atom stereocenters. The first-order valence-corrected chi connectivity index (χ1v) is 10.6. The topological polar surface area (TPSA) is 74.9 Å². The van der Waals surface area contributed by atoms with E-state index < -0.39 is 0 Å². The Bertz CT molecular complexity index is 726. The summed E-state index contributed by atoms with van der Waals surface area (Å²) in [5.74, 6) is 2.39. The van der Waals surface area contributed by atoms with E-state index in [1.807, 2.05) is 18.9 Å². The van der Waals surface area contributed by atoms with Crippen LogP contribution in [0, 0.1) is 24.7 Å². The molecule has 154 valence electrons. The van der Waals surface area contributed by atoms with Gasteiger partial charge in [0.1, 0.15) is 0 Å². The minimum atomic E-state index is 0.257. The van der Waals surface area contributed by atoms with E-state index in [4.69, 9.17) is 9.26 Å². The lowest BCUT2D eigenvalue weighted by molar-refractivity contribution is -0.133. The third-order valence-corrected chi connectivity index (χ3v) is 7.38. The summed E-state index contributed by atoms with van der Waals surface area (Å²) in [5.41, 5.74) is 0. The molecule has 1 aromatic rings. The molecule has 3 unspecified atom stereocenters. The molecule has 4 fully saturated rings. The second-order valence-corrected chi connectivity index (χ2v) is 9.35. The summed E-state index contributed by atoms with van der Waals surface area (Å²) in [6.45, 7) is 9.60. The Morgan fingerprint density at radius 1 is 1.14 bits per heavy atom. The number of ether oxygens (including phenoxy) is 1. The average molecular weight is 390 g/mol. The van der Waals surface area contributed by atoms with Crippen molar-refractivity contribution >= 4 is 11.9 Å². The summed E-state index contributed by atoms with van der Waals surface area (Å²) in [6, 6.07) is 2.06. The number of morpholine rings is 1. The molecule has 0 spiro atoms. The summed E-state index contributed by atoms with van der Waals surface area (Å²) in [6.07, 6.45) is 2.11. The number of hydrogen-bond donors (Lipinski definition) is 0. The number of carbonyl (C=O) groups excluding carboxylic acids is 1. The third kappa shape index (κ3) is 2.92. The fourth-order valence-electron chi connectivity index (χ4n) is 5.60. The summed E-state index contributed by atoms with van der Waals surface area (Å²) in [5, 5.41) is 3.97. The minimum Gasteiger partial charge on any atom is -0.377 e. The highest BCUT2D eigenvalue weighted by Gasteiger charge is 2.61. The van der Waals surface area contributed by atoms with Crippen molar-refractivity contribution in [3.63, 3.8) is 0 Å². The smallest absolute Gasteiger partial charge is 0.324 e. The molecule has 2 bridgehead atoms. The van der Waals surface area contributed by atoms with Crippen molar-refractivity contribution in [2.24, 2.45) is 17.8 Å². The van der Waals surface area contributed by atoms with Gasteiger partial charge in [-0.15, -0.1) is 0 Å². The fraction of sp³-hybridized carbons (Fsp3) is 0.850. The monoisotopic (exact) mass is 389 g/mol. The maximum absolute atomic E-state index is 12.7. The van der Waals surface area contributed by atoms with Crippen LogP contribution in [0.2, 0.25) is 0 Å². The molecule has 1 saturated carbocycles. The number of nitrogens with zero attached hydrogens (tertiary/aromatic N) is 5. The van der Waals surface area contributed by atoms with Crippen LogP contribution in [0.1, 0.15) is 32.5 Å².